The van der Waals surface area contributed by atoms with Crippen molar-refractivity contribution in [1.82, 2.24) is 4.90 Å². The minimum Gasteiger partial charge on any atom is -0.384 e. The van der Waals surface area contributed by atoms with Gasteiger partial charge in [0.05, 0.1) is 0 Å². The summed E-state index contributed by atoms with van der Waals surface area (Å²) in [6, 6.07) is 7.19. The predicted molar refractivity (Wildman–Crippen MR) is 76.6 cm³/mol. The summed E-state index contributed by atoms with van der Waals surface area (Å²) in [5, 5.41) is 8.59. The van der Waals surface area contributed by atoms with Crippen molar-refractivity contribution < 1.29 is 18.3 Å². The predicted octanol–water partition coefficient (Wildman–Crippen LogP) is 0.0334. The molecule has 0 saturated carbocycles. The highest BCUT2D eigenvalue weighted by molar-refractivity contribution is 7.91. The molecule has 0 atom stereocenters. The topological polar surface area (TPSA) is 74.7 Å². The normalized spacial score (nSPS) is 10.6. The van der Waals surface area contributed by atoms with E-state index in [1.165, 1.54) is 4.90 Å². The molecule has 0 radical (unpaired) electrons. The fourth-order valence-corrected chi connectivity index (χ4v) is 2.20. The van der Waals surface area contributed by atoms with Gasteiger partial charge in [-0.2, -0.15) is 0 Å². The molecule has 108 valence electrons. The van der Waals surface area contributed by atoms with Gasteiger partial charge >= 0.3 is 0 Å². The van der Waals surface area contributed by atoms with Crippen LogP contribution in [-0.4, -0.2) is 50.0 Å². The van der Waals surface area contributed by atoms with Crippen LogP contribution in [-0.2, 0) is 21.2 Å². The second kappa shape index (κ2) is 7.08. The number of aliphatic hydroxyl groups is 1. The third-order valence-electron chi connectivity index (χ3n) is 2.50. The lowest BCUT2D eigenvalue weighted by Crippen LogP contribution is -2.31. The van der Waals surface area contributed by atoms with Crippen molar-refractivity contribution in [3.05, 3.63) is 35.4 Å². The summed E-state index contributed by atoms with van der Waals surface area (Å²) in [6.07, 6.45) is 1.04. The summed E-state index contributed by atoms with van der Waals surface area (Å²) in [7, 11) is -1.75. The van der Waals surface area contributed by atoms with E-state index in [0.29, 0.717) is 6.54 Å². The van der Waals surface area contributed by atoms with Crippen molar-refractivity contribution in [3.63, 3.8) is 0 Å². The molecule has 0 aliphatic carbocycles. The average Bonchev–Trinajstić information content (AvgIpc) is 2.36. The van der Waals surface area contributed by atoms with E-state index in [1.54, 1.807) is 19.2 Å². The summed E-state index contributed by atoms with van der Waals surface area (Å²) in [4.78, 5) is 13.0. The maximum atomic E-state index is 11.7. The lowest BCUT2D eigenvalue weighted by atomic mass is 10.1. The average molecular weight is 295 g/mol. The summed E-state index contributed by atoms with van der Waals surface area (Å²) < 4.78 is 22.1. The van der Waals surface area contributed by atoms with E-state index in [4.69, 9.17) is 5.11 Å². The number of carbonyl (C=O) groups excluding carboxylic acids is 1. The summed E-state index contributed by atoms with van der Waals surface area (Å²) in [5.74, 6) is 4.40. The van der Waals surface area contributed by atoms with E-state index < -0.39 is 21.5 Å². The Balaban J connectivity index is 2.66. The van der Waals surface area contributed by atoms with Crippen LogP contribution in [0, 0.1) is 11.8 Å². The van der Waals surface area contributed by atoms with Gasteiger partial charge in [0.1, 0.15) is 12.4 Å². The third-order valence-corrected chi connectivity index (χ3v) is 3.27. The largest absolute Gasteiger partial charge is 0.384 e. The Morgan fingerprint density at radius 1 is 1.30 bits per heavy atom. The van der Waals surface area contributed by atoms with Crippen LogP contribution in [0.2, 0.25) is 0 Å². The van der Waals surface area contributed by atoms with Crippen molar-refractivity contribution in [2.75, 3.05) is 25.7 Å². The lowest BCUT2D eigenvalue weighted by Gasteiger charge is -2.16. The molecule has 0 fully saturated rings. The number of benzene rings is 1. The Morgan fingerprint density at radius 2 is 1.90 bits per heavy atom. The van der Waals surface area contributed by atoms with Gasteiger partial charge in [0.25, 0.3) is 0 Å². The van der Waals surface area contributed by atoms with Crippen molar-refractivity contribution >= 4 is 15.7 Å². The molecule has 1 N–H and O–H groups in total. The molecule has 20 heavy (non-hydrogen) atoms. The van der Waals surface area contributed by atoms with Crippen molar-refractivity contribution in [2.24, 2.45) is 0 Å². The smallest absolute Gasteiger partial charge is 0.237 e. The maximum Gasteiger partial charge on any atom is 0.237 e. The number of rotatable bonds is 4. The first-order valence-corrected chi connectivity index (χ1v) is 7.98. The first kappa shape index (κ1) is 16.2. The monoisotopic (exact) mass is 295 g/mol. The molecule has 6 heteroatoms. The molecule has 5 nitrogen and oxygen atoms in total. The zero-order chi connectivity index (χ0) is 15.2. The molecular weight excluding hydrogens is 278 g/mol. The number of hydrogen-bond donors (Lipinski definition) is 1. The van der Waals surface area contributed by atoms with Crippen molar-refractivity contribution in [3.8, 4) is 11.8 Å². The van der Waals surface area contributed by atoms with Gasteiger partial charge in [0, 0.05) is 25.4 Å². The SMILES string of the molecule is CN(Cc1ccc(C#CCO)cc1)C(=O)CS(C)(=O)=O. The van der Waals surface area contributed by atoms with Gasteiger partial charge in [-0.25, -0.2) is 8.42 Å². The maximum absolute atomic E-state index is 11.7. The van der Waals surface area contributed by atoms with Gasteiger partial charge in [0.15, 0.2) is 9.84 Å². The molecule has 1 rings (SSSR count). The number of carbonyl (C=O) groups is 1. The van der Waals surface area contributed by atoms with Crippen LogP contribution in [0.5, 0.6) is 0 Å². The first-order chi connectivity index (χ1) is 9.31. The van der Waals surface area contributed by atoms with Gasteiger partial charge in [0.2, 0.25) is 5.91 Å². The van der Waals surface area contributed by atoms with Crippen LogP contribution < -0.4 is 0 Å². The molecule has 1 aromatic rings. The molecule has 0 unspecified atom stereocenters. The molecule has 0 spiro atoms. The van der Waals surface area contributed by atoms with Gasteiger partial charge in [-0.3, -0.25) is 4.79 Å². The molecular formula is C14H17NO4S. The minimum atomic E-state index is -3.31. The molecule has 1 amide bonds. The Morgan fingerprint density at radius 3 is 2.40 bits per heavy atom. The standard InChI is InChI=1S/C14H17NO4S/c1-15(14(17)11-20(2,18)19)10-13-7-5-12(6-8-13)4-3-9-16/h5-8,16H,9-11H2,1-2H3. The van der Waals surface area contributed by atoms with Crippen LogP contribution in [0.25, 0.3) is 0 Å². The molecule has 0 saturated heterocycles. The number of nitrogens with zero attached hydrogens (tertiary/aromatic N) is 1. The highest BCUT2D eigenvalue weighted by Crippen LogP contribution is 2.06. The van der Waals surface area contributed by atoms with E-state index in [-0.39, 0.29) is 6.61 Å². The van der Waals surface area contributed by atoms with Crippen molar-refractivity contribution in [1.29, 1.82) is 0 Å². The fourth-order valence-electron chi connectivity index (χ4n) is 1.53. The van der Waals surface area contributed by atoms with E-state index in [2.05, 4.69) is 11.8 Å². The Kier molecular flexibility index (Phi) is 5.74. The van der Waals surface area contributed by atoms with Crippen LogP contribution in [0.15, 0.2) is 24.3 Å². The molecule has 0 bridgehead atoms. The van der Waals surface area contributed by atoms with Crippen LogP contribution in [0.1, 0.15) is 11.1 Å². The number of hydrogen-bond acceptors (Lipinski definition) is 4. The van der Waals surface area contributed by atoms with Gasteiger partial charge < -0.3 is 10.0 Å². The molecule has 0 aliphatic rings. The van der Waals surface area contributed by atoms with Gasteiger partial charge in [-0.1, -0.05) is 24.0 Å². The van der Waals surface area contributed by atoms with Crippen LogP contribution >= 0.6 is 0 Å². The third kappa shape index (κ3) is 5.87. The highest BCUT2D eigenvalue weighted by atomic mass is 32.2. The van der Waals surface area contributed by atoms with E-state index in [9.17, 15) is 13.2 Å². The Bertz CT molecular complexity index is 623. The second-order valence-electron chi connectivity index (χ2n) is 4.48. The molecule has 0 heterocycles. The summed E-state index contributed by atoms with van der Waals surface area (Å²) >= 11 is 0. The van der Waals surface area contributed by atoms with Gasteiger partial charge in [-0.05, 0) is 17.7 Å². The van der Waals surface area contributed by atoms with Gasteiger partial charge in [-0.15, -0.1) is 0 Å². The Hall–Kier alpha value is -1.84. The summed E-state index contributed by atoms with van der Waals surface area (Å²) in [6.45, 7) is 0.145. The number of amides is 1. The fraction of sp³-hybridized carbons (Fsp3) is 0.357. The molecule has 0 aromatic heterocycles. The quantitative estimate of drug-likeness (QED) is 0.796. The lowest BCUT2D eigenvalue weighted by molar-refractivity contribution is -0.127. The van der Waals surface area contributed by atoms with Crippen LogP contribution in [0.4, 0.5) is 0 Å². The van der Waals surface area contributed by atoms with E-state index in [0.717, 1.165) is 17.4 Å². The second-order valence-corrected chi connectivity index (χ2v) is 6.62. The summed E-state index contributed by atoms with van der Waals surface area (Å²) in [5.41, 5.74) is 1.65. The highest BCUT2D eigenvalue weighted by Gasteiger charge is 2.15. The Labute approximate surface area is 119 Å². The first-order valence-electron chi connectivity index (χ1n) is 5.92. The molecule has 1 aromatic carbocycles. The van der Waals surface area contributed by atoms with E-state index >= 15 is 0 Å². The van der Waals surface area contributed by atoms with Crippen molar-refractivity contribution in [2.45, 2.75) is 6.54 Å². The number of sulfone groups is 1. The van der Waals surface area contributed by atoms with Crippen LogP contribution in [0.3, 0.4) is 0 Å². The number of aliphatic hydroxyl groups excluding tert-OH is 1. The van der Waals surface area contributed by atoms with E-state index in [1.807, 2.05) is 12.1 Å². The minimum absolute atomic E-state index is 0.190. The zero-order valence-electron chi connectivity index (χ0n) is 11.5. The molecule has 0 aliphatic heterocycles. The zero-order valence-corrected chi connectivity index (χ0v) is 12.3.